The fraction of sp³-hybridized carbons (Fsp3) is 0.778. The Hall–Kier alpha value is -0.550. The van der Waals surface area contributed by atoms with Gasteiger partial charge in [0, 0.05) is 11.8 Å². The minimum absolute atomic E-state index is 0.279. The van der Waals surface area contributed by atoms with E-state index in [-0.39, 0.29) is 6.04 Å². The normalized spacial score (nSPS) is 24.8. The maximum atomic E-state index is 4.15. The monoisotopic (exact) mass is 212 g/mol. The number of nitrogens with one attached hydrogen (secondary N) is 2. The van der Waals surface area contributed by atoms with E-state index in [4.69, 9.17) is 0 Å². The van der Waals surface area contributed by atoms with Crippen LogP contribution < -0.4 is 5.32 Å². The molecule has 0 aromatic carbocycles. The van der Waals surface area contributed by atoms with Crippen molar-refractivity contribution in [3.05, 3.63) is 12.2 Å². The molecular weight excluding hydrogens is 196 g/mol. The van der Waals surface area contributed by atoms with Crippen LogP contribution in [-0.4, -0.2) is 32.7 Å². The lowest BCUT2D eigenvalue weighted by Gasteiger charge is -2.25. The van der Waals surface area contributed by atoms with Crippen molar-refractivity contribution in [1.82, 2.24) is 20.5 Å². The van der Waals surface area contributed by atoms with Crippen molar-refractivity contribution >= 4 is 11.8 Å². The van der Waals surface area contributed by atoms with E-state index < -0.39 is 0 Å². The van der Waals surface area contributed by atoms with Crippen molar-refractivity contribution in [1.29, 1.82) is 0 Å². The van der Waals surface area contributed by atoms with Gasteiger partial charge in [0.05, 0.1) is 6.04 Å². The van der Waals surface area contributed by atoms with Crippen LogP contribution in [0.25, 0.3) is 0 Å². The Bertz CT molecular complexity index is 256. The molecule has 4 nitrogen and oxygen atoms in total. The van der Waals surface area contributed by atoms with Crippen LogP contribution in [0.1, 0.15) is 31.6 Å². The number of rotatable bonds is 3. The fourth-order valence-electron chi connectivity index (χ4n) is 1.73. The lowest BCUT2D eigenvalue weighted by atomic mass is 10.1. The zero-order valence-corrected chi connectivity index (χ0v) is 9.18. The molecule has 2 unspecified atom stereocenters. The molecule has 0 aliphatic carbocycles. The average Bonchev–Trinajstić information content (AvgIpc) is 2.72. The highest BCUT2D eigenvalue weighted by Crippen LogP contribution is 2.19. The largest absolute Gasteiger partial charge is 0.304 e. The Morgan fingerprint density at radius 3 is 3.29 bits per heavy atom. The van der Waals surface area contributed by atoms with Crippen LogP contribution in [0.4, 0.5) is 0 Å². The third-order valence-corrected chi connectivity index (χ3v) is 3.71. The second kappa shape index (κ2) is 4.79. The van der Waals surface area contributed by atoms with Crippen LogP contribution in [0.15, 0.2) is 6.33 Å². The van der Waals surface area contributed by atoms with E-state index in [1.807, 2.05) is 11.8 Å². The molecule has 1 saturated heterocycles. The third-order valence-electron chi connectivity index (χ3n) is 2.49. The van der Waals surface area contributed by atoms with Crippen LogP contribution >= 0.6 is 11.8 Å². The predicted octanol–water partition coefficient (Wildman–Crippen LogP) is 1.35. The van der Waals surface area contributed by atoms with Crippen molar-refractivity contribution in [2.75, 3.05) is 11.5 Å². The summed E-state index contributed by atoms with van der Waals surface area (Å²) in [4.78, 5) is 4.15. The molecule has 1 aliphatic heterocycles. The number of aromatic nitrogens is 3. The van der Waals surface area contributed by atoms with Crippen molar-refractivity contribution < 1.29 is 0 Å². The first kappa shape index (κ1) is 9.98. The summed E-state index contributed by atoms with van der Waals surface area (Å²) in [6.45, 7) is 2.12. The van der Waals surface area contributed by atoms with Crippen LogP contribution in [0, 0.1) is 0 Å². The van der Waals surface area contributed by atoms with E-state index in [9.17, 15) is 0 Å². The Morgan fingerprint density at radius 2 is 2.64 bits per heavy atom. The van der Waals surface area contributed by atoms with Gasteiger partial charge >= 0.3 is 0 Å². The molecule has 0 spiro atoms. The molecule has 0 saturated carbocycles. The van der Waals surface area contributed by atoms with Crippen molar-refractivity contribution in [2.24, 2.45) is 0 Å². The van der Waals surface area contributed by atoms with E-state index in [0.29, 0.717) is 6.04 Å². The summed E-state index contributed by atoms with van der Waals surface area (Å²) in [6.07, 6.45) is 4.17. The van der Waals surface area contributed by atoms with Gasteiger partial charge in [0.15, 0.2) is 0 Å². The summed E-state index contributed by atoms with van der Waals surface area (Å²) >= 11 is 2.03. The van der Waals surface area contributed by atoms with Gasteiger partial charge in [-0.05, 0) is 25.5 Å². The second-order valence-electron chi connectivity index (χ2n) is 3.67. The van der Waals surface area contributed by atoms with E-state index in [1.165, 1.54) is 24.3 Å². The van der Waals surface area contributed by atoms with Gasteiger partial charge in [-0.15, -0.1) is 0 Å². The number of H-pyrrole nitrogens is 1. The molecule has 2 atom stereocenters. The maximum Gasteiger partial charge on any atom is 0.141 e. The number of nitrogens with zero attached hydrogens (tertiary/aromatic N) is 2. The minimum atomic E-state index is 0.279. The van der Waals surface area contributed by atoms with Crippen LogP contribution in [-0.2, 0) is 0 Å². The Kier molecular flexibility index (Phi) is 3.42. The highest BCUT2D eigenvalue weighted by Gasteiger charge is 2.17. The molecule has 2 N–H and O–H groups in total. The molecule has 0 amide bonds. The molecule has 2 rings (SSSR count). The van der Waals surface area contributed by atoms with Crippen molar-refractivity contribution in [3.63, 3.8) is 0 Å². The SMILES string of the molecule is CC(NC1CCCSC1)c1ncn[nH]1. The van der Waals surface area contributed by atoms with Gasteiger partial charge in [0.25, 0.3) is 0 Å². The highest BCUT2D eigenvalue weighted by atomic mass is 32.2. The minimum Gasteiger partial charge on any atom is -0.304 e. The summed E-state index contributed by atoms with van der Waals surface area (Å²) in [5.41, 5.74) is 0. The van der Waals surface area contributed by atoms with Crippen LogP contribution in [0.2, 0.25) is 0 Å². The summed E-state index contributed by atoms with van der Waals surface area (Å²) < 4.78 is 0. The predicted molar refractivity (Wildman–Crippen MR) is 58.3 cm³/mol. The number of aromatic amines is 1. The molecule has 2 heterocycles. The average molecular weight is 212 g/mol. The molecule has 5 heteroatoms. The van der Waals surface area contributed by atoms with E-state index in [0.717, 1.165) is 5.82 Å². The Balaban J connectivity index is 1.84. The van der Waals surface area contributed by atoms with Crippen molar-refractivity contribution in [3.8, 4) is 0 Å². The fourth-order valence-corrected chi connectivity index (χ4v) is 2.81. The lowest BCUT2D eigenvalue weighted by molar-refractivity contribution is 0.441. The van der Waals surface area contributed by atoms with Crippen LogP contribution in [0.3, 0.4) is 0 Å². The summed E-state index contributed by atoms with van der Waals surface area (Å²) in [6, 6.07) is 0.912. The lowest BCUT2D eigenvalue weighted by Crippen LogP contribution is -2.36. The maximum absolute atomic E-state index is 4.15. The molecule has 14 heavy (non-hydrogen) atoms. The van der Waals surface area contributed by atoms with Gasteiger partial charge in [0.1, 0.15) is 12.2 Å². The standard InChI is InChI=1S/C9H16N4S/c1-7(9-10-6-11-13-9)12-8-3-2-4-14-5-8/h6-8,12H,2-5H2,1H3,(H,10,11,13). The van der Waals surface area contributed by atoms with Gasteiger partial charge in [-0.25, -0.2) is 4.98 Å². The molecule has 1 aromatic heterocycles. The Labute approximate surface area is 88.3 Å². The van der Waals surface area contributed by atoms with E-state index >= 15 is 0 Å². The first-order valence-corrected chi connectivity index (χ1v) is 6.21. The number of hydrogen-bond donors (Lipinski definition) is 2. The molecule has 78 valence electrons. The smallest absolute Gasteiger partial charge is 0.141 e. The van der Waals surface area contributed by atoms with Gasteiger partial charge in [0.2, 0.25) is 0 Å². The summed E-state index contributed by atoms with van der Waals surface area (Å²) in [5, 5.41) is 10.3. The highest BCUT2D eigenvalue weighted by molar-refractivity contribution is 7.99. The van der Waals surface area contributed by atoms with Gasteiger partial charge in [-0.2, -0.15) is 16.9 Å². The molecule has 1 aromatic rings. The first-order chi connectivity index (χ1) is 6.86. The van der Waals surface area contributed by atoms with Crippen LogP contribution in [0.5, 0.6) is 0 Å². The quantitative estimate of drug-likeness (QED) is 0.794. The number of hydrogen-bond acceptors (Lipinski definition) is 4. The zero-order chi connectivity index (χ0) is 9.80. The third kappa shape index (κ3) is 2.48. The molecular formula is C9H16N4S. The number of thioether (sulfide) groups is 1. The summed E-state index contributed by atoms with van der Waals surface area (Å²) in [7, 11) is 0. The topological polar surface area (TPSA) is 53.6 Å². The van der Waals surface area contributed by atoms with Crippen molar-refractivity contribution in [2.45, 2.75) is 31.8 Å². The van der Waals surface area contributed by atoms with Gasteiger partial charge in [-0.1, -0.05) is 0 Å². The van der Waals surface area contributed by atoms with Gasteiger partial charge in [-0.3, -0.25) is 5.10 Å². The van der Waals surface area contributed by atoms with Gasteiger partial charge < -0.3 is 5.32 Å². The van der Waals surface area contributed by atoms with E-state index in [1.54, 1.807) is 6.33 Å². The zero-order valence-electron chi connectivity index (χ0n) is 8.36. The molecule has 1 fully saturated rings. The molecule has 1 aliphatic rings. The van der Waals surface area contributed by atoms with E-state index in [2.05, 4.69) is 27.4 Å². The molecule has 0 radical (unpaired) electrons. The Morgan fingerprint density at radius 1 is 1.71 bits per heavy atom. The molecule has 0 bridgehead atoms. The first-order valence-electron chi connectivity index (χ1n) is 5.05. The second-order valence-corrected chi connectivity index (χ2v) is 4.82. The summed E-state index contributed by atoms with van der Waals surface area (Å²) in [5.74, 6) is 3.47.